The number of hydrogen-bond acceptors (Lipinski definition) is 1. The number of allylic oxidation sites excluding steroid dienone is 4. The van der Waals surface area contributed by atoms with Gasteiger partial charge in [-0.05, 0) is 38.7 Å². The molecule has 0 fully saturated rings. The predicted molar refractivity (Wildman–Crippen MR) is 46.4 cm³/mol. The molecule has 0 aromatic heterocycles. The lowest BCUT2D eigenvalue weighted by atomic mass is 10.0. The molecule has 1 rings (SSSR count). The fourth-order valence-corrected chi connectivity index (χ4v) is 1.38. The highest BCUT2D eigenvalue weighted by atomic mass is 16.1. The first-order valence-corrected chi connectivity index (χ1v) is 4.10. The third-order valence-electron chi connectivity index (χ3n) is 2.01. The van der Waals surface area contributed by atoms with E-state index in [-0.39, 0.29) is 5.78 Å². The van der Waals surface area contributed by atoms with E-state index >= 15 is 0 Å². The molecule has 0 aliphatic heterocycles. The summed E-state index contributed by atoms with van der Waals surface area (Å²) in [6.07, 6.45) is 7.54. The van der Waals surface area contributed by atoms with Gasteiger partial charge in [0, 0.05) is 5.57 Å². The van der Waals surface area contributed by atoms with E-state index < -0.39 is 0 Å². The lowest BCUT2D eigenvalue weighted by molar-refractivity contribution is -0.113. The lowest BCUT2D eigenvalue weighted by Crippen LogP contribution is -1.96. The summed E-state index contributed by atoms with van der Waals surface area (Å²) in [5, 5.41) is 0. The van der Waals surface area contributed by atoms with Crippen LogP contribution in [0.15, 0.2) is 23.3 Å². The van der Waals surface area contributed by atoms with Crippen LogP contribution in [0.4, 0.5) is 0 Å². The minimum atomic E-state index is 0.195. The molecule has 0 N–H and O–H groups in total. The van der Waals surface area contributed by atoms with Crippen molar-refractivity contribution in [3.8, 4) is 0 Å². The van der Waals surface area contributed by atoms with E-state index in [0.717, 1.165) is 24.0 Å². The summed E-state index contributed by atoms with van der Waals surface area (Å²) >= 11 is 0. The summed E-state index contributed by atoms with van der Waals surface area (Å²) < 4.78 is 0. The standard InChI is InChI=1S/C10H14O/c1-8-6-4-3-5-7-10(8)9(2)11/h6-7H,3-5H2,1-2H3. The Hall–Kier alpha value is -0.850. The average Bonchev–Trinajstić information content (AvgIpc) is 2.13. The van der Waals surface area contributed by atoms with Crippen molar-refractivity contribution < 1.29 is 4.79 Å². The van der Waals surface area contributed by atoms with Crippen molar-refractivity contribution >= 4 is 5.78 Å². The van der Waals surface area contributed by atoms with Gasteiger partial charge in [-0.2, -0.15) is 0 Å². The van der Waals surface area contributed by atoms with Crippen molar-refractivity contribution in [2.24, 2.45) is 0 Å². The van der Waals surface area contributed by atoms with Crippen LogP contribution in [0.1, 0.15) is 33.1 Å². The maximum Gasteiger partial charge on any atom is 0.159 e. The fraction of sp³-hybridized carbons (Fsp3) is 0.500. The molecule has 1 aliphatic carbocycles. The third-order valence-corrected chi connectivity index (χ3v) is 2.01. The van der Waals surface area contributed by atoms with Gasteiger partial charge >= 0.3 is 0 Å². The van der Waals surface area contributed by atoms with Gasteiger partial charge in [0.15, 0.2) is 5.78 Å². The van der Waals surface area contributed by atoms with Crippen LogP contribution in [0.5, 0.6) is 0 Å². The van der Waals surface area contributed by atoms with Gasteiger partial charge in [-0.25, -0.2) is 0 Å². The molecule has 0 spiro atoms. The van der Waals surface area contributed by atoms with Gasteiger partial charge in [0.1, 0.15) is 0 Å². The first-order chi connectivity index (χ1) is 5.22. The smallest absolute Gasteiger partial charge is 0.159 e. The number of carbonyl (C=O) groups excluding carboxylic acids is 1. The Morgan fingerprint density at radius 1 is 1.36 bits per heavy atom. The molecule has 0 bridgehead atoms. The molecule has 11 heavy (non-hydrogen) atoms. The van der Waals surface area contributed by atoms with E-state index in [1.807, 2.05) is 6.92 Å². The van der Waals surface area contributed by atoms with Crippen molar-refractivity contribution in [2.45, 2.75) is 33.1 Å². The van der Waals surface area contributed by atoms with Crippen LogP contribution in [0.2, 0.25) is 0 Å². The highest BCUT2D eigenvalue weighted by molar-refractivity contribution is 5.97. The van der Waals surface area contributed by atoms with Gasteiger partial charge in [0.2, 0.25) is 0 Å². The molecule has 0 saturated carbocycles. The molecule has 0 aromatic rings. The summed E-state index contributed by atoms with van der Waals surface area (Å²) in [6.45, 7) is 3.65. The monoisotopic (exact) mass is 150 g/mol. The lowest BCUT2D eigenvalue weighted by Gasteiger charge is -1.99. The van der Waals surface area contributed by atoms with E-state index in [1.165, 1.54) is 6.42 Å². The largest absolute Gasteiger partial charge is 0.295 e. The van der Waals surface area contributed by atoms with Gasteiger partial charge in [-0.3, -0.25) is 4.79 Å². The number of carbonyl (C=O) groups is 1. The van der Waals surface area contributed by atoms with E-state index in [4.69, 9.17) is 0 Å². The number of Topliss-reactive ketones (excluding diaryl/α,β-unsaturated/α-hetero) is 1. The van der Waals surface area contributed by atoms with Crippen LogP contribution in [-0.2, 0) is 4.79 Å². The second kappa shape index (κ2) is 3.51. The SMILES string of the molecule is CC(=O)C1=CCCCC=C1C. The van der Waals surface area contributed by atoms with Gasteiger partial charge in [0.25, 0.3) is 0 Å². The van der Waals surface area contributed by atoms with Gasteiger partial charge in [0.05, 0.1) is 0 Å². The van der Waals surface area contributed by atoms with Crippen LogP contribution >= 0.6 is 0 Å². The number of rotatable bonds is 1. The van der Waals surface area contributed by atoms with E-state index in [2.05, 4.69) is 12.2 Å². The molecule has 0 amide bonds. The zero-order chi connectivity index (χ0) is 8.27. The summed E-state index contributed by atoms with van der Waals surface area (Å²) in [5.74, 6) is 0.195. The Balaban J connectivity index is 2.87. The molecule has 0 unspecified atom stereocenters. The maximum absolute atomic E-state index is 11.1. The maximum atomic E-state index is 11.1. The van der Waals surface area contributed by atoms with Gasteiger partial charge in [-0.15, -0.1) is 0 Å². The van der Waals surface area contributed by atoms with Gasteiger partial charge < -0.3 is 0 Å². The Kier molecular flexibility index (Phi) is 2.64. The van der Waals surface area contributed by atoms with Crippen LogP contribution in [-0.4, -0.2) is 5.78 Å². The Morgan fingerprint density at radius 2 is 2.00 bits per heavy atom. The molecule has 1 aliphatic rings. The highest BCUT2D eigenvalue weighted by Gasteiger charge is 2.06. The van der Waals surface area contributed by atoms with Crippen molar-refractivity contribution in [1.29, 1.82) is 0 Å². The minimum absolute atomic E-state index is 0.195. The topological polar surface area (TPSA) is 17.1 Å². The molecule has 1 nitrogen and oxygen atoms in total. The molecular formula is C10H14O. The van der Waals surface area contributed by atoms with Crippen LogP contribution in [0.3, 0.4) is 0 Å². The van der Waals surface area contributed by atoms with E-state index in [0.29, 0.717) is 0 Å². The normalized spacial score (nSPS) is 18.4. The molecular weight excluding hydrogens is 136 g/mol. The number of hydrogen-bond donors (Lipinski definition) is 0. The zero-order valence-corrected chi connectivity index (χ0v) is 7.18. The molecule has 0 aromatic carbocycles. The quantitative estimate of drug-likeness (QED) is 0.561. The third kappa shape index (κ3) is 2.04. The summed E-state index contributed by atoms with van der Waals surface area (Å²) in [5.41, 5.74) is 2.07. The second-order valence-corrected chi connectivity index (χ2v) is 2.99. The van der Waals surface area contributed by atoms with Gasteiger partial charge in [-0.1, -0.05) is 12.2 Å². The summed E-state index contributed by atoms with van der Waals surface area (Å²) in [6, 6.07) is 0. The van der Waals surface area contributed by atoms with Crippen molar-refractivity contribution in [1.82, 2.24) is 0 Å². The Morgan fingerprint density at radius 3 is 2.64 bits per heavy atom. The molecule has 60 valence electrons. The minimum Gasteiger partial charge on any atom is -0.295 e. The van der Waals surface area contributed by atoms with Crippen molar-refractivity contribution in [2.75, 3.05) is 0 Å². The molecule has 0 atom stereocenters. The van der Waals surface area contributed by atoms with Crippen LogP contribution < -0.4 is 0 Å². The molecule has 0 radical (unpaired) electrons. The first kappa shape index (κ1) is 8.25. The first-order valence-electron chi connectivity index (χ1n) is 4.10. The summed E-state index contributed by atoms with van der Waals surface area (Å²) in [7, 11) is 0. The van der Waals surface area contributed by atoms with Crippen LogP contribution in [0.25, 0.3) is 0 Å². The van der Waals surface area contributed by atoms with E-state index in [9.17, 15) is 4.79 Å². The Labute approximate surface area is 67.8 Å². The fourth-order valence-electron chi connectivity index (χ4n) is 1.38. The second-order valence-electron chi connectivity index (χ2n) is 2.99. The van der Waals surface area contributed by atoms with Crippen molar-refractivity contribution in [3.63, 3.8) is 0 Å². The van der Waals surface area contributed by atoms with E-state index in [1.54, 1.807) is 6.92 Å². The number of ketones is 1. The van der Waals surface area contributed by atoms with Crippen LogP contribution in [0, 0.1) is 0 Å². The van der Waals surface area contributed by atoms with Crippen molar-refractivity contribution in [3.05, 3.63) is 23.3 Å². The Bertz CT molecular complexity index is 221. The predicted octanol–water partition coefficient (Wildman–Crippen LogP) is 2.63. The zero-order valence-electron chi connectivity index (χ0n) is 7.18. The molecule has 0 heterocycles. The molecule has 1 heteroatoms. The summed E-state index contributed by atoms with van der Waals surface area (Å²) in [4.78, 5) is 11.1. The molecule has 0 saturated heterocycles. The highest BCUT2D eigenvalue weighted by Crippen LogP contribution is 2.17. The average molecular weight is 150 g/mol.